The Kier molecular flexibility index (Phi) is 9.22. The molecule has 0 fully saturated rings. The molecule has 1 aromatic heterocycles. The number of rotatable bonds is 7. The molecule has 0 saturated carbocycles. The molecule has 0 atom stereocenters. The molecule has 0 bridgehead atoms. The summed E-state index contributed by atoms with van der Waals surface area (Å²) < 4.78 is 69.5. The Morgan fingerprint density at radius 3 is 2.11 bits per heavy atom. The molecule has 2 aromatic carbocycles. The monoisotopic (exact) mass is 512 g/mol. The van der Waals surface area contributed by atoms with E-state index in [4.69, 9.17) is 4.74 Å². The van der Waals surface area contributed by atoms with Crippen LogP contribution < -0.4 is 0 Å². The summed E-state index contributed by atoms with van der Waals surface area (Å²) in [5.74, 6) is -0.718. The molecule has 3 rings (SSSR count). The number of hydrogen-bond acceptors (Lipinski definition) is 6. The van der Waals surface area contributed by atoms with Gasteiger partial charge in [0.1, 0.15) is 6.54 Å². The van der Waals surface area contributed by atoms with Gasteiger partial charge in [-0.2, -0.15) is 18.3 Å². The van der Waals surface area contributed by atoms with Gasteiger partial charge in [-0.15, -0.1) is 0 Å². The molecular weight excluding hydrogens is 485 g/mol. The predicted molar refractivity (Wildman–Crippen MR) is 125 cm³/mol. The SMILES string of the molecule is CC.CCOC(=O)Cn1nc(C(F)(F)F)cc1-c1ccc(-c2ccc(CO)c(S(C)(=O)=O)c2)cc1. The Balaban J connectivity index is 0.00000210. The van der Waals surface area contributed by atoms with Crippen molar-refractivity contribution in [1.82, 2.24) is 9.78 Å². The first-order chi connectivity index (χ1) is 16.4. The molecule has 0 aliphatic heterocycles. The normalized spacial score (nSPS) is 11.5. The highest BCUT2D eigenvalue weighted by atomic mass is 32.2. The minimum Gasteiger partial charge on any atom is -0.465 e. The van der Waals surface area contributed by atoms with Crippen molar-refractivity contribution in [3.63, 3.8) is 0 Å². The lowest BCUT2D eigenvalue weighted by Gasteiger charge is -2.10. The Hall–Kier alpha value is -3.18. The summed E-state index contributed by atoms with van der Waals surface area (Å²) in [5, 5.41) is 12.9. The summed E-state index contributed by atoms with van der Waals surface area (Å²) in [6.45, 7) is 4.75. The fourth-order valence-corrected chi connectivity index (χ4v) is 4.23. The molecule has 3 aromatic rings. The van der Waals surface area contributed by atoms with Crippen LogP contribution in [0, 0.1) is 0 Å². The van der Waals surface area contributed by atoms with Crippen molar-refractivity contribution in [3.8, 4) is 22.4 Å². The van der Waals surface area contributed by atoms with Crippen molar-refractivity contribution in [2.24, 2.45) is 0 Å². The first-order valence-electron chi connectivity index (χ1n) is 10.8. The van der Waals surface area contributed by atoms with Crippen LogP contribution in [0.4, 0.5) is 13.2 Å². The number of esters is 1. The van der Waals surface area contributed by atoms with Gasteiger partial charge in [-0.1, -0.05) is 50.2 Å². The third kappa shape index (κ3) is 6.92. The average Bonchev–Trinajstić information content (AvgIpc) is 3.24. The maximum Gasteiger partial charge on any atom is 0.435 e. The number of aliphatic hydroxyl groups is 1. The smallest absolute Gasteiger partial charge is 0.435 e. The molecule has 35 heavy (non-hydrogen) atoms. The maximum absolute atomic E-state index is 13.2. The lowest BCUT2D eigenvalue weighted by Crippen LogP contribution is -2.16. The number of carbonyl (C=O) groups is 1. The second-order valence-electron chi connectivity index (χ2n) is 7.21. The Labute approximate surface area is 202 Å². The van der Waals surface area contributed by atoms with Gasteiger partial charge in [0.15, 0.2) is 15.5 Å². The van der Waals surface area contributed by atoms with Crippen LogP contribution >= 0.6 is 0 Å². The van der Waals surface area contributed by atoms with E-state index in [1.807, 2.05) is 13.8 Å². The first kappa shape index (κ1) is 28.1. The van der Waals surface area contributed by atoms with Gasteiger partial charge < -0.3 is 9.84 Å². The van der Waals surface area contributed by atoms with Crippen LogP contribution in [-0.2, 0) is 38.7 Å². The third-order valence-corrected chi connectivity index (χ3v) is 5.98. The summed E-state index contributed by atoms with van der Waals surface area (Å²) in [4.78, 5) is 11.8. The van der Waals surface area contributed by atoms with E-state index in [1.54, 1.807) is 37.3 Å². The standard InChI is InChI=1S/C22H21F3N2O5S.C2H6/c1-3-32-21(29)12-27-18(11-20(26-27)22(23,24)25)15-6-4-14(5-7-15)16-8-9-17(13-28)19(10-16)33(2,30)31;1-2/h4-11,28H,3,12-13H2,1-2H3;1-2H3. The van der Waals surface area contributed by atoms with Crippen molar-refractivity contribution in [1.29, 1.82) is 0 Å². The minimum atomic E-state index is -4.69. The summed E-state index contributed by atoms with van der Waals surface area (Å²) in [7, 11) is -3.58. The number of aromatic nitrogens is 2. The molecule has 0 unspecified atom stereocenters. The Morgan fingerprint density at radius 2 is 1.60 bits per heavy atom. The molecular formula is C24H27F3N2O5S. The van der Waals surface area contributed by atoms with Crippen molar-refractivity contribution in [2.45, 2.75) is 45.0 Å². The van der Waals surface area contributed by atoms with Gasteiger partial charge in [-0.05, 0) is 41.3 Å². The van der Waals surface area contributed by atoms with E-state index in [2.05, 4.69) is 5.10 Å². The van der Waals surface area contributed by atoms with E-state index in [9.17, 15) is 31.5 Å². The van der Waals surface area contributed by atoms with Crippen LogP contribution in [0.1, 0.15) is 32.0 Å². The number of hydrogen-bond donors (Lipinski definition) is 1. The van der Waals surface area contributed by atoms with Crippen molar-refractivity contribution < 1.29 is 36.2 Å². The van der Waals surface area contributed by atoms with Gasteiger partial charge in [0, 0.05) is 6.26 Å². The minimum absolute atomic E-state index is 0.00564. The number of aliphatic hydroxyl groups excluding tert-OH is 1. The van der Waals surface area contributed by atoms with Crippen LogP contribution in [0.25, 0.3) is 22.4 Å². The van der Waals surface area contributed by atoms with Gasteiger partial charge in [0.05, 0.1) is 23.8 Å². The number of alkyl halides is 3. The number of benzene rings is 2. The molecule has 0 aliphatic rings. The highest BCUT2D eigenvalue weighted by molar-refractivity contribution is 7.90. The van der Waals surface area contributed by atoms with Crippen LogP contribution in [0.15, 0.2) is 53.4 Å². The van der Waals surface area contributed by atoms with Crippen molar-refractivity contribution in [2.75, 3.05) is 12.9 Å². The quantitative estimate of drug-likeness (QED) is 0.460. The molecule has 0 amide bonds. The number of halogens is 3. The summed E-state index contributed by atoms with van der Waals surface area (Å²) in [5.41, 5.74) is 0.746. The van der Waals surface area contributed by atoms with E-state index < -0.39 is 40.8 Å². The summed E-state index contributed by atoms with van der Waals surface area (Å²) in [6.07, 6.45) is -3.65. The largest absolute Gasteiger partial charge is 0.465 e. The molecule has 190 valence electrons. The Morgan fingerprint density at radius 1 is 1.03 bits per heavy atom. The molecule has 0 radical (unpaired) electrons. The fourth-order valence-electron chi connectivity index (χ4n) is 3.28. The van der Waals surface area contributed by atoms with Crippen molar-refractivity contribution in [3.05, 3.63) is 59.8 Å². The highest BCUT2D eigenvalue weighted by Crippen LogP contribution is 2.33. The first-order valence-corrected chi connectivity index (χ1v) is 12.7. The molecule has 0 aliphatic carbocycles. The van der Waals surface area contributed by atoms with Crippen molar-refractivity contribution >= 4 is 15.8 Å². The molecule has 0 spiro atoms. The van der Waals surface area contributed by atoms with Gasteiger partial charge in [-0.25, -0.2) is 8.42 Å². The molecule has 1 N–H and O–H groups in total. The number of sulfone groups is 1. The van der Waals surface area contributed by atoms with Gasteiger partial charge in [-0.3, -0.25) is 9.48 Å². The maximum atomic E-state index is 13.2. The zero-order valence-electron chi connectivity index (χ0n) is 19.8. The van der Waals surface area contributed by atoms with E-state index in [-0.39, 0.29) is 22.8 Å². The average molecular weight is 513 g/mol. The van der Waals surface area contributed by atoms with E-state index in [0.29, 0.717) is 16.7 Å². The van der Waals surface area contributed by atoms with Crippen LogP contribution in [0.3, 0.4) is 0 Å². The topological polar surface area (TPSA) is 98.5 Å². The van der Waals surface area contributed by atoms with E-state index >= 15 is 0 Å². The second-order valence-corrected chi connectivity index (χ2v) is 9.19. The molecule has 11 heteroatoms. The zero-order chi connectivity index (χ0) is 26.4. The number of nitrogens with zero attached hydrogens (tertiary/aromatic N) is 2. The molecule has 7 nitrogen and oxygen atoms in total. The van der Waals surface area contributed by atoms with E-state index in [0.717, 1.165) is 17.0 Å². The highest BCUT2D eigenvalue weighted by Gasteiger charge is 2.35. The Bertz CT molecular complexity index is 1270. The van der Waals surface area contributed by atoms with E-state index in [1.165, 1.54) is 12.1 Å². The lowest BCUT2D eigenvalue weighted by atomic mass is 10.0. The lowest BCUT2D eigenvalue weighted by molar-refractivity contribution is -0.146. The predicted octanol–water partition coefficient (Wildman–Crippen LogP) is 4.72. The fraction of sp³-hybridized carbons (Fsp3) is 0.333. The summed E-state index contributed by atoms with van der Waals surface area (Å²) in [6, 6.07) is 11.8. The molecule has 0 saturated heterocycles. The molecule has 1 heterocycles. The summed E-state index contributed by atoms with van der Waals surface area (Å²) >= 11 is 0. The zero-order valence-corrected chi connectivity index (χ0v) is 20.6. The van der Waals surface area contributed by atoms with Gasteiger partial charge in [0.25, 0.3) is 0 Å². The number of ether oxygens (including phenoxy) is 1. The number of carbonyl (C=O) groups excluding carboxylic acids is 1. The van der Waals surface area contributed by atoms with Gasteiger partial charge in [0.2, 0.25) is 0 Å². The second kappa shape index (κ2) is 11.5. The third-order valence-electron chi connectivity index (χ3n) is 4.81. The van der Waals surface area contributed by atoms with Gasteiger partial charge >= 0.3 is 12.1 Å². The van der Waals surface area contributed by atoms with Crippen LogP contribution in [0.2, 0.25) is 0 Å². The van der Waals surface area contributed by atoms with Crippen LogP contribution in [0.5, 0.6) is 0 Å². The van der Waals surface area contributed by atoms with Crippen LogP contribution in [-0.4, -0.2) is 42.1 Å².